The number of benzene rings is 2. The average molecular weight is 515 g/mol. The third-order valence-electron chi connectivity index (χ3n) is 5.25. The summed E-state index contributed by atoms with van der Waals surface area (Å²) in [5.74, 6) is -0.151. The van der Waals surface area contributed by atoms with Crippen molar-refractivity contribution in [1.82, 2.24) is 4.98 Å². The molecular weight excluding hydrogens is 491 g/mol. The molecule has 11 heteroatoms. The highest BCUT2D eigenvalue weighted by Crippen LogP contribution is 2.27. The number of anilines is 3. The van der Waals surface area contributed by atoms with Crippen LogP contribution in [0.3, 0.4) is 0 Å². The number of thioether (sulfide) groups is 1. The molecule has 1 atom stereocenters. The largest absolute Gasteiger partial charge is 0.497 e. The van der Waals surface area contributed by atoms with Crippen LogP contribution in [0, 0.1) is 11.7 Å². The number of thiazole rings is 1. The third kappa shape index (κ3) is 6.58. The monoisotopic (exact) mass is 514 g/mol. The molecule has 35 heavy (non-hydrogen) atoms. The first kappa shape index (κ1) is 24.7. The Morgan fingerprint density at radius 3 is 2.77 bits per heavy atom. The fraction of sp³-hybridized carbons (Fsp3) is 0.250. The molecule has 2 N–H and O–H groups in total. The van der Waals surface area contributed by atoms with Gasteiger partial charge < -0.3 is 20.3 Å². The summed E-state index contributed by atoms with van der Waals surface area (Å²) in [6, 6.07) is 12.8. The van der Waals surface area contributed by atoms with Crippen LogP contribution < -0.4 is 20.3 Å². The number of aromatic nitrogens is 1. The van der Waals surface area contributed by atoms with Gasteiger partial charge in [-0.25, -0.2) is 9.37 Å². The Balaban J connectivity index is 1.22. The number of hydrogen-bond donors (Lipinski definition) is 2. The number of carbonyl (C=O) groups is 3. The lowest BCUT2D eigenvalue weighted by atomic mass is 10.1. The van der Waals surface area contributed by atoms with Crippen molar-refractivity contribution >= 4 is 57.3 Å². The molecule has 2 aromatic carbocycles. The maximum absolute atomic E-state index is 13.5. The van der Waals surface area contributed by atoms with Crippen molar-refractivity contribution in [2.24, 2.45) is 5.92 Å². The predicted molar refractivity (Wildman–Crippen MR) is 135 cm³/mol. The molecule has 0 radical (unpaired) electrons. The number of carbonyl (C=O) groups excluding carboxylic acids is 3. The summed E-state index contributed by atoms with van der Waals surface area (Å²) in [5.41, 5.74) is 1.88. The van der Waals surface area contributed by atoms with Crippen molar-refractivity contribution in [2.75, 3.05) is 34.9 Å². The average Bonchev–Trinajstić information content (AvgIpc) is 3.46. The normalized spacial score (nSPS) is 15.2. The highest BCUT2D eigenvalue weighted by Gasteiger charge is 2.35. The minimum Gasteiger partial charge on any atom is -0.497 e. The van der Waals surface area contributed by atoms with Gasteiger partial charge in [-0.05, 0) is 42.5 Å². The molecule has 8 nitrogen and oxygen atoms in total. The number of nitrogens with one attached hydrogen (secondary N) is 2. The van der Waals surface area contributed by atoms with Gasteiger partial charge in [0, 0.05) is 35.5 Å². The minimum atomic E-state index is -0.547. The Labute approximate surface area is 209 Å². The van der Waals surface area contributed by atoms with Gasteiger partial charge in [-0.2, -0.15) is 0 Å². The molecule has 2 heterocycles. The van der Waals surface area contributed by atoms with E-state index in [2.05, 4.69) is 15.6 Å². The third-order valence-corrected chi connectivity index (χ3v) is 7.03. The maximum Gasteiger partial charge on any atom is 0.234 e. The Morgan fingerprint density at radius 1 is 1.23 bits per heavy atom. The van der Waals surface area contributed by atoms with Crippen LogP contribution in [0.2, 0.25) is 0 Å². The molecule has 182 valence electrons. The van der Waals surface area contributed by atoms with Gasteiger partial charge in [-0.15, -0.1) is 23.1 Å². The summed E-state index contributed by atoms with van der Waals surface area (Å²) in [6.45, 7) is 0.186. The topological polar surface area (TPSA) is 101 Å². The van der Waals surface area contributed by atoms with Gasteiger partial charge in [-0.1, -0.05) is 6.07 Å². The zero-order valence-electron chi connectivity index (χ0n) is 18.8. The van der Waals surface area contributed by atoms with Crippen LogP contribution >= 0.6 is 23.1 Å². The summed E-state index contributed by atoms with van der Waals surface area (Å²) in [6.07, 6.45) is 0.0553. The standard InChI is InChI=1S/C24H23FN4O4S2/c1-33-20-7-5-17(6-8-20)26-21(30)14-34-12-18-13-35-24(27-18)28-23(32)15-9-22(31)29(11-15)19-4-2-3-16(25)10-19/h2-8,10,13,15H,9,11-12,14H2,1H3,(H,26,30)(H,27,28,32). The maximum atomic E-state index is 13.5. The van der Waals surface area contributed by atoms with E-state index < -0.39 is 11.7 Å². The lowest BCUT2D eigenvalue weighted by Gasteiger charge is -2.16. The smallest absolute Gasteiger partial charge is 0.234 e. The van der Waals surface area contributed by atoms with Crippen LogP contribution in [0.15, 0.2) is 53.9 Å². The van der Waals surface area contributed by atoms with Crippen LogP contribution in [-0.4, -0.2) is 42.1 Å². The molecular formula is C24H23FN4O4S2. The lowest BCUT2D eigenvalue weighted by molar-refractivity contribution is -0.122. The molecule has 1 aliphatic heterocycles. The van der Waals surface area contributed by atoms with Gasteiger partial charge in [0.15, 0.2) is 5.13 Å². The molecule has 1 unspecified atom stereocenters. The molecule has 0 aliphatic carbocycles. The molecule has 0 bridgehead atoms. The number of rotatable bonds is 9. The summed E-state index contributed by atoms with van der Waals surface area (Å²) in [5, 5.41) is 7.85. The van der Waals surface area contributed by atoms with Gasteiger partial charge in [0.2, 0.25) is 17.7 Å². The summed E-state index contributed by atoms with van der Waals surface area (Å²) in [7, 11) is 1.58. The van der Waals surface area contributed by atoms with E-state index >= 15 is 0 Å². The fourth-order valence-corrected chi connectivity index (χ4v) is 5.07. The van der Waals surface area contributed by atoms with E-state index in [1.165, 1.54) is 46.2 Å². The minimum absolute atomic E-state index is 0.0553. The van der Waals surface area contributed by atoms with E-state index in [4.69, 9.17) is 4.74 Å². The highest BCUT2D eigenvalue weighted by molar-refractivity contribution is 7.99. The fourth-order valence-electron chi connectivity index (χ4n) is 3.53. The van der Waals surface area contributed by atoms with E-state index in [-0.39, 0.29) is 36.4 Å². The molecule has 0 saturated carbocycles. The van der Waals surface area contributed by atoms with Gasteiger partial charge in [0.1, 0.15) is 11.6 Å². The van der Waals surface area contributed by atoms with Crippen molar-refractivity contribution in [1.29, 1.82) is 0 Å². The number of amides is 3. The number of hydrogen-bond acceptors (Lipinski definition) is 7. The SMILES string of the molecule is COc1ccc(NC(=O)CSCc2csc(NC(=O)C3CC(=O)N(c4cccc(F)c4)C3)n2)cc1. The van der Waals surface area contributed by atoms with E-state index in [0.29, 0.717) is 28.0 Å². The van der Waals surface area contributed by atoms with Crippen molar-refractivity contribution in [3.63, 3.8) is 0 Å². The van der Waals surface area contributed by atoms with E-state index in [1.807, 2.05) is 5.38 Å². The Bertz CT molecular complexity index is 1220. The second-order valence-electron chi connectivity index (χ2n) is 7.79. The van der Waals surface area contributed by atoms with Crippen molar-refractivity contribution < 1.29 is 23.5 Å². The molecule has 0 spiro atoms. The van der Waals surface area contributed by atoms with Crippen LogP contribution in [0.1, 0.15) is 12.1 Å². The summed E-state index contributed by atoms with van der Waals surface area (Å²) in [4.78, 5) is 43.0. The zero-order chi connectivity index (χ0) is 24.8. The zero-order valence-corrected chi connectivity index (χ0v) is 20.5. The molecule has 1 aromatic heterocycles. The first-order valence-corrected chi connectivity index (χ1v) is 12.8. The van der Waals surface area contributed by atoms with Crippen LogP contribution in [0.25, 0.3) is 0 Å². The van der Waals surface area contributed by atoms with E-state index in [0.717, 1.165) is 5.69 Å². The van der Waals surface area contributed by atoms with Crippen molar-refractivity contribution in [3.05, 3.63) is 65.4 Å². The first-order chi connectivity index (χ1) is 16.9. The number of nitrogens with zero attached hydrogens (tertiary/aromatic N) is 2. The molecule has 1 fully saturated rings. The quantitative estimate of drug-likeness (QED) is 0.445. The van der Waals surface area contributed by atoms with Gasteiger partial charge in [-0.3, -0.25) is 14.4 Å². The van der Waals surface area contributed by atoms with Crippen LogP contribution in [-0.2, 0) is 20.1 Å². The molecule has 3 aromatic rings. The Hall–Kier alpha value is -3.44. The number of methoxy groups -OCH3 is 1. The van der Waals surface area contributed by atoms with Crippen molar-refractivity contribution in [2.45, 2.75) is 12.2 Å². The first-order valence-electron chi connectivity index (χ1n) is 10.7. The van der Waals surface area contributed by atoms with Gasteiger partial charge in [0.05, 0.1) is 24.5 Å². The van der Waals surface area contributed by atoms with Gasteiger partial charge >= 0.3 is 0 Å². The summed E-state index contributed by atoms with van der Waals surface area (Å²) < 4.78 is 18.6. The molecule has 4 rings (SSSR count). The summed E-state index contributed by atoms with van der Waals surface area (Å²) >= 11 is 2.70. The predicted octanol–water partition coefficient (Wildman–Crippen LogP) is 4.15. The Morgan fingerprint density at radius 2 is 2.03 bits per heavy atom. The van der Waals surface area contributed by atoms with Crippen LogP contribution in [0.4, 0.5) is 20.9 Å². The second-order valence-corrected chi connectivity index (χ2v) is 9.63. The second kappa shape index (κ2) is 11.3. The molecule has 3 amide bonds. The lowest BCUT2D eigenvalue weighted by Crippen LogP contribution is -2.28. The number of ether oxygens (including phenoxy) is 1. The molecule has 1 aliphatic rings. The number of halogens is 1. The molecule has 1 saturated heterocycles. The Kier molecular flexibility index (Phi) is 7.98. The van der Waals surface area contributed by atoms with Gasteiger partial charge in [0.25, 0.3) is 0 Å². The van der Waals surface area contributed by atoms with E-state index in [1.54, 1.807) is 37.4 Å². The van der Waals surface area contributed by atoms with Crippen LogP contribution in [0.5, 0.6) is 5.75 Å². The van der Waals surface area contributed by atoms with Crippen molar-refractivity contribution in [3.8, 4) is 5.75 Å². The van der Waals surface area contributed by atoms with E-state index in [9.17, 15) is 18.8 Å². The highest BCUT2D eigenvalue weighted by atomic mass is 32.2.